The standard InChI is InChI=1S/C13H16N2O6/c1-13(2,3)14-11(16)7-21-8-4-5-10(15(19)20)9(6-8)12(17)18/h4-6H,7H2,1-3H3,(H,14,16)(H,17,18). The van der Waals surface area contributed by atoms with Gasteiger partial charge in [-0.15, -0.1) is 0 Å². The second kappa shape index (κ2) is 6.21. The van der Waals surface area contributed by atoms with Gasteiger partial charge in [-0.3, -0.25) is 14.9 Å². The summed E-state index contributed by atoms with van der Waals surface area (Å²) in [4.78, 5) is 32.4. The Morgan fingerprint density at radius 3 is 2.48 bits per heavy atom. The lowest BCUT2D eigenvalue weighted by atomic mass is 10.1. The molecule has 0 aliphatic rings. The Labute approximate surface area is 120 Å². The van der Waals surface area contributed by atoms with Crippen molar-refractivity contribution < 1.29 is 24.4 Å². The lowest BCUT2D eigenvalue weighted by Gasteiger charge is -2.20. The average molecular weight is 296 g/mol. The number of nitrogens with one attached hydrogen (secondary N) is 1. The van der Waals surface area contributed by atoms with Crippen LogP contribution in [0.3, 0.4) is 0 Å². The summed E-state index contributed by atoms with van der Waals surface area (Å²) in [5, 5.41) is 22.3. The van der Waals surface area contributed by atoms with Crippen LogP contribution in [0.25, 0.3) is 0 Å². The number of carbonyl (C=O) groups excluding carboxylic acids is 1. The van der Waals surface area contributed by atoms with Gasteiger partial charge in [0.2, 0.25) is 0 Å². The molecule has 0 spiro atoms. The summed E-state index contributed by atoms with van der Waals surface area (Å²) in [7, 11) is 0. The molecular weight excluding hydrogens is 280 g/mol. The quantitative estimate of drug-likeness (QED) is 0.629. The Morgan fingerprint density at radius 2 is 2.00 bits per heavy atom. The molecule has 0 radical (unpaired) electrons. The summed E-state index contributed by atoms with van der Waals surface area (Å²) in [6.07, 6.45) is 0. The summed E-state index contributed by atoms with van der Waals surface area (Å²) in [5.41, 5.74) is -1.44. The van der Waals surface area contributed by atoms with E-state index < -0.39 is 27.7 Å². The first-order valence-electron chi connectivity index (χ1n) is 6.05. The summed E-state index contributed by atoms with van der Waals surface area (Å²) in [6, 6.07) is 3.29. The van der Waals surface area contributed by atoms with E-state index in [-0.39, 0.29) is 18.3 Å². The van der Waals surface area contributed by atoms with Crippen molar-refractivity contribution in [1.82, 2.24) is 5.32 Å². The molecule has 2 N–H and O–H groups in total. The number of aromatic carboxylic acids is 1. The highest BCUT2D eigenvalue weighted by Gasteiger charge is 2.21. The highest BCUT2D eigenvalue weighted by molar-refractivity contribution is 5.92. The summed E-state index contributed by atoms with van der Waals surface area (Å²) in [5.74, 6) is -1.74. The lowest BCUT2D eigenvalue weighted by Crippen LogP contribution is -2.43. The van der Waals surface area contributed by atoms with E-state index in [1.807, 2.05) is 0 Å². The van der Waals surface area contributed by atoms with E-state index in [4.69, 9.17) is 9.84 Å². The number of nitro groups is 1. The number of carbonyl (C=O) groups is 2. The Hall–Kier alpha value is -2.64. The summed E-state index contributed by atoms with van der Waals surface area (Å²) >= 11 is 0. The van der Waals surface area contributed by atoms with E-state index in [1.165, 1.54) is 6.07 Å². The maximum absolute atomic E-state index is 11.6. The predicted molar refractivity (Wildman–Crippen MR) is 73.4 cm³/mol. The molecule has 0 atom stereocenters. The van der Waals surface area contributed by atoms with Crippen LogP contribution < -0.4 is 10.1 Å². The second-order valence-electron chi connectivity index (χ2n) is 5.33. The third-order valence-corrected chi connectivity index (χ3v) is 2.28. The van der Waals surface area contributed by atoms with E-state index in [0.29, 0.717) is 0 Å². The van der Waals surface area contributed by atoms with Gasteiger partial charge in [0.25, 0.3) is 11.6 Å². The molecule has 0 aromatic heterocycles. The molecule has 1 amide bonds. The molecule has 0 heterocycles. The monoisotopic (exact) mass is 296 g/mol. The average Bonchev–Trinajstić information content (AvgIpc) is 2.33. The molecule has 0 saturated carbocycles. The topological polar surface area (TPSA) is 119 Å². The zero-order chi connectivity index (χ0) is 16.2. The smallest absolute Gasteiger partial charge is 0.342 e. The fraction of sp³-hybridized carbons (Fsp3) is 0.385. The number of ether oxygens (including phenoxy) is 1. The first-order valence-corrected chi connectivity index (χ1v) is 6.05. The number of nitro benzene ring substituents is 1. The number of nitrogens with zero attached hydrogens (tertiary/aromatic N) is 1. The van der Waals surface area contributed by atoms with Crippen LogP contribution >= 0.6 is 0 Å². The van der Waals surface area contributed by atoms with Gasteiger partial charge in [0, 0.05) is 17.7 Å². The van der Waals surface area contributed by atoms with Crippen LogP contribution in [0.1, 0.15) is 31.1 Å². The fourth-order valence-electron chi connectivity index (χ4n) is 1.54. The molecule has 21 heavy (non-hydrogen) atoms. The fourth-order valence-corrected chi connectivity index (χ4v) is 1.54. The van der Waals surface area contributed by atoms with Gasteiger partial charge in [0.15, 0.2) is 6.61 Å². The van der Waals surface area contributed by atoms with E-state index in [1.54, 1.807) is 20.8 Å². The van der Waals surface area contributed by atoms with Crippen LogP contribution in [0.4, 0.5) is 5.69 Å². The van der Waals surface area contributed by atoms with Gasteiger partial charge in [-0.2, -0.15) is 0 Å². The number of carboxylic acids is 1. The number of carboxylic acid groups (broad SMARTS) is 1. The summed E-state index contributed by atoms with van der Waals surface area (Å²) in [6.45, 7) is 5.10. The van der Waals surface area contributed by atoms with E-state index in [2.05, 4.69) is 5.32 Å². The van der Waals surface area contributed by atoms with Crippen molar-refractivity contribution in [3.05, 3.63) is 33.9 Å². The third kappa shape index (κ3) is 5.09. The SMILES string of the molecule is CC(C)(C)NC(=O)COc1ccc([N+](=O)[O-])c(C(=O)O)c1. The van der Waals surface area contributed by atoms with Crippen LogP contribution in [0, 0.1) is 10.1 Å². The molecule has 114 valence electrons. The van der Waals surface area contributed by atoms with Gasteiger partial charge in [-0.1, -0.05) is 0 Å². The zero-order valence-electron chi connectivity index (χ0n) is 11.9. The van der Waals surface area contributed by atoms with Gasteiger partial charge in [0.1, 0.15) is 11.3 Å². The highest BCUT2D eigenvalue weighted by Crippen LogP contribution is 2.24. The summed E-state index contributed by atoms with van der Waals surface area (Å²) < 4.78 is 5.14. The molecule has 0 bridgehead atoms. The van der Waals surface area contributed by atoms with Gasteiger partial charge in [-0.25, -0.2) is 4.79 Å². The van der Waals surface area contributed by atoms with E-state index in [0.717, 1.165) is 12.1 Å². The van der Waals surface area contributed by atoms with Gasteiger partial charge in [-0.05, 0) is 26.8 Å². The Morgan fingerprint density at radius 1 is 1.38 bits per heavy atom. The molecule has 8 heteroatoms. The van der Waals surface area contributed by atoms with Crippen molar-refractivity contribution in [1.29, 1.82) is 0 Å². The molecule has 1 rings (SSSR count). The van der Waals surface area contributed by atoms with Gasteiger partial charge >= 0.3 is 5.97 Å². The number of hydrogen-bond acceptors (Lipinski definition) is 5. The van der Waals surface area contributed by atoms with Crippen LogP contribution in [-0.2, 0) is 4.79 Å². The Balaban J connectivity index is 2.82. The minimum absolute atomic E-state index is 0.0714. The van der Waals surface area contributed by atoms with Gasteiger partial charge in [0.05, 0.1) is 4.92 Å². The van der Waals surface area contributed by atoms with E-state index >= 15 is 0 Å². The van der Waals surface area contributed by atoms with Crippen molar-refractivity contribution in [2.45, 2.75) is 26.3 Å². The van der Waals surface area contributed by atoms with Crippen LogP contribution in [-0.4, -0.2) is 34.1 Å². The first kappa shape index (κ1) is 16.4. The first-order chi connectivity index (χ1) is 9.60. The van der Waals surface area contributed by atoms with Crippen molar-refractivity contribution in [2.75, 3.05) is 6.61 Å². The minimum Gasteiger partial charge on any atom is -0.484 e. The molecule has 1 aromatic rings. The normalized spacial score (nSPS) is 10.8. The van der Waals surface area contributed by atoms with Crippen molar-refractivity contribution in [3.8, 4) is 5.75 Å². The molecule has 0 aliphatic heterocycles. The van der Waals surface area contributed by atoms with Crippen LogP contribution in [0.15, 0.2) is 18.2 Å². The molecule has 8 nitrogen and oxygen atoms in total. The minimum atomic E-state index is -1.44. The molecule has 0 fully saturated rings. The Kier molecular flexibility index (Phi) is 4.85. The number of benzene rings is 1. The van der Waals surface area contributed by atoms with Crippen molar-refractivity contribution in [3.63, 3.8) is 0 Å². The zero-order valence-corrected chi connectivity index (χ0v) is 11.9. The number of hydrogen-bond donors (Lipinski definition) is 2. The molecular formula is C13H16N2O6. The number of amides is 1. The van der Waals surface area contributed by atoms with Crippen molar-refractivity contribution >= 4 is 17.6 Å². The number of rotatable bonds is 5. The van der Waals surface area contributed by atoms with E-state index in [9.17, 15) is 19.7 Å². The third-order valence-electron chi connectivity index (χ3n) is 2.28. The highest BCUT2D eigenvalue weighted by atomic mass is 16.6. The second-order valence-corrected chi connectivity index (χ2v) is 5.33. The Bertz CT molecular complexity index is 577. The molecule has 0 aliphatic carbocycles. The maximum atomic E-state index is 11.6. The van der Waals surface area contributed by atoms with Crippen LogP contribution in [0.2, 0.25) is 0 Å². The predicted octanol–water partition coefficient (Wildman–Crippen LogP) is 1.59. The van der Waals surface area contributed by atoms with Gasteiger partial charge < -0.3 is 15.2 Å². The molecule has 1 aromatic carbocycles. The molecule has 0 unspecified atom stereocenters. The van der Waals surface area contributed by atoms with Crippen LogP contribution in [0.5, 0.6) is 5.75 Å². The lowest BCUT2D eigenvalue weighted by molar-refractivity contribution is -0.385. The van der Waals surface area contributed by atoms with Crippen molar-refractivity contribution in [2.24, 2.45) is 0 Å². The maximum Gasteiger partial charge on any atom is 0.342 e. The molecule has 0 saturated heterocycles. The largest absolute Gasteiger partial charge is 0.484 e.